The summed E-state index contributed by atoms with van der Waals surface area (Å²) in [5, 5.41) is -1.94. The van der Waals surface area contributed by atoms with Crippen molar-refractivity contribution in [1.82, 2.24) is 0 Å². The number of ether oxygens (including phenoxy) is 2. The molecule has 0 fully saturated rings. The summed E-state index contributed by atoms with van der Waals surface area (Å²) < 4.78 is 42.5. The van der Waals surface area contributed by atoms with Gasteiger partial charge in [-0.15, -0.1) is 0 Å². The molecule has 3 atom stereocenters. The standard InChI is InChI=1S/C19H36O7S/c1-5-8-10-15(4)13-25-18(20)12-17(27(22,23)24)19(21)26-14-16(7-3)11-9-6-2/h15-17H,5-14H2,1-4H3,(H,22,23,24). The number of carbonyl (C=O) groups excluding carboxylic acids is 2. The molecule has 0 aliphatic heterocycles. The minimum atomic E-state index is -4.76. The first kappa shape index (κ1) is 25.9. The fraction of sp³-hybridized carbons (Fsp3) is 0.895. The van der Waals surface area contributed by atoms with Crippen LogP contribution in [0.4, 0.5) is 0 Å². The highest BCUT2D eigenvalue weighted by Gasteiger charge is 2.36. The summed E-state index contributed by atoms with van der Waals surface area (Å²) in [6.07, 6.45) is 5.85. The SMILES string of the molecule is CCCCC(C)COC(=O)CC(C(=O)OCC(CC)CCCC)S(=O)(=O)O. The van der Waals surface area contributed by atoms with E-state index in [-0.39, 0.29) is 25.0 Å². The predicted molar refractivity (Wildman–Crippen MR) is 104 cm³/mol. The zero-order chi connectivity index (χ0) is 20.9. The van der Waals surface area contributed by atoms with Gasteiger partial charge >= 0.3 is 11.9 Å². The van der Waals surface area contributed by atoms with Gasteiger partial charge < -0.3 is 9.47 Å². The molecular weight excluding hydrogens is 372 g/mol. The van der Waals surface area contributed by atoms with Crippen LogP contribution in [0.25, 0.3) is 0 Å². The van der Waals surface area contributed by atoms with Crippen molar-refractivity contribution in [2.24, 2.45) is 11.8 Å². The van der Waals surface area contributed by atoms with Gasteiger partial charge in [-0.3, -0.25) is 14.1 Å². The molecule has 0 aliphatic rings. The van der Waals surface area contributed by atoms with Gasteiger partial charge in [0.05, 0.1) is 19.6 Å². The Morgan fingerprint density at radius 2 is 1.56 bits per heavy atom. The van der Waals surface area contributed by atoms with E-state index in [1.165, 1.54) is 0 Å². The molecule has 0 saturated heterocycles. The van der Waals surface area contributed by atoms with E-state index in [0.717, 1.165) is 44.9 Å². The molecule has 0 heterocycles. The molecule has 27 heavy (non-hydrogen) atoms. The van der Waals surface area contributed by atoms with Crippen LogP contribution in [0.15, 0.2) is 0 Å². The Kier molecular flexibility index (Phi) is 13.3. The zero-order valence-corrected chi connectivity index (χ0v) is 17.9. The van der Waals surface area contributed by atoms with Crippen LogP contribution in [0.5, 0.6) is 0 Å². The van der Waals surface area contributed by atoms with Crippen LogP contribution in [0, 0.1) is 11.8 Å². The highest BCUT2D eigenvalue weighted by atomic mass is 32.2. The molecule has 160 valence electrons. The van der Waals surface area contributed by atoms with E-state index >= 15 is 0 Å². The topological polar surface area (TPSA) is 107 Å². The van der Waals surface area contributed by atoms with Gasteiger partial charge in [0.15, 0.2) is 5.25 Å². The fourth-order valence-electron chi connectivity index (χ4n) is 2.58. The van der Waals surface area contributed by atoms with Gasteiger partial charge in [-0.25, -0.2) is 0 Å². The van der Waals surface area contributed by atoms with E-state index in [0.29, 0.717) is 0 Å². The molecule has 0 rings (SSSR count). The van der Waals surface area contributed by atoms with Crippen molar-refractivity contribution >= 4 is 22.1 Å². The normalized spacial score (nSPS) is 15.0. The molecule has 0 bridgehead atoms. The van der Waals surface area contributed by atoms with Crippen LogP contribution in [0.1, 0.15) is 79.1 Å². The van der Waals surface area contributed by atoms with E-state index in [2.05, 4.69) is 13.8 Å². The average molecular weight is 409 g/mol. The average Bonchev–Trinajstić information content (AvgIpc) is 2.61. The quantitative estimate of drug-likeness (QED) is 0.325. The fourth-order valence-corrected chi connectivity index (χ4v) is 3.24. The molecule has 0 aromatic rings. The molecular formula is C19H36O7S. The third kappa shape index (κ3) is 12.0. The van der Waals surface area contributed by atoms with Crippen molar-refractivity contribution < 1.29 is 32.0 Å². The Bertz CT molecular complexity index is 530. The Morgan fingerprint density at radius 3 is 2.07 bits per heavy atom. The largest absolute Gasteiger partial charge is 0.465 e. The maximum absolute atomic E-state index is 12.1. The molecule has 0 spiro atoms. The first-order chi connectivity index (χ1) is 12.6. The van der Waals surface area contributed by atoms with Crippen LogP contribution in [-0.4, -0.2) is 43.4 Å². The summed E-state index contributed by atoms with van der Waals surface area (Å²) in [6, 6.07) is 0. The van der Waals surface area contributed by atoms with Gasteiger partial charge in [-0.2, -0.15) is 8.42 Å². The molecule has 0 aliphatic carbocycles. The molecule has 0 aromatic carbocycles. The summed E-state index contributed by atoms with van der Waals surface area (Å²) in [4.78, 5) is 24.0. The van der Waals surface area contributed by atoms with Crippen molar-refractivity contribution in [3.05, 3.63) is 0 Å². The Morgan fingerprint density at radius 1 is 0.963 bits per heavy atom. The van der Waals surface area contributed by atoms with Crippen LogP contribution in [0.2, 0.25) is 0 Å². The van der Waals surface area contributed by atoms with Crippen LogP contribution in [-0.2, 0) is 29.2 Å². The lowest BCUT2D eigenvalue weighted by molar-refractivity contribution is -0.151. The lowest BCUT2D eigenvalue weighted by Crippen LogP contribution is -2.35. The molecule has 3 unspecified atom stereocenters. The number of unbranched alkanes of at least 4 members (excludes halogenated alkanes) is 2. The van der Waals surface area contributed by atoms with Crippen molar-refractivity contribution in [1.29, 1.82) is 0 Å². The molecule has 0 aromatic heterocycles. The van der Waals surface area contributed by atoms with Crippen LogP contribution in [0.3, 0.4) is 0 Å². The lowest BCUT2D eigenvalue weighted by Gasteiger charge is -2.18. The molecule has 0 radical (unpaired) electrons. The second-order valence-corrected chi connectivity index (χ2v) is 8.78. The molecule has 7 nitrogen and oxygen atoms in total. The smallest absolute Gasteiger partial charge is 0.327 e. The molecule has 0 amide bonds. The highest BCUT2D eigenvalue weighted by molar-refractivity contribution is 7.87. The second kappa shape index (κ2) is 13.9. The summed E-state index contributed by atoms with van der Waals surface area (Å²) in [5.74, 6) is -1.67. The summed E-state index contributed by atoms with van der Waals surface area (Å²) in [5.41, 5.74) is 0. The molecule has 1 N–H and O–H groups in total. The highest BCUT2D eigenvalue weighted by Crippen LogP contribution is 2.16. The Labute approximate surface area is 163 Å². The monoisotopic (exact) mass is 408 g/mol. The van der Waals surface area contributed by atoms with Gasteiger partial charge in [0.1, 0.15) is 0 Å². The summed E-state index contributed by atoms with van der Waals surface area (Å²) in [6.45, 7) is 8.24. The minimum Gasteiger partial charge on any atom is -0.465 e. The van der Waals surface area contributed by atoms with Crippen LogP contribution < -0.4 is 0 Å². The van der Waals surface area contributed by atoms with E-state index in [4.69, 9.17) is 9.47 Å². The van der Waals surface area contributed by atoms with E-state index in [9.17, 15) is 22.6 Å². The van der Waals surface area contributed by atoms with Gasteiger partial charge in [0, 0.05) is 0 Å². The zero-order valence-electron chi connectivity index (χ0n) is 17.1. The lowest BCUT2D eigenvalue weighted by atomic mass is 10.0. The maximum atomic E-state index is 12.1. The van der Waals surface area contributed by atoms with Crippen molar-refractivity contribution in [3.8, 4) is 0 Å². The number of hydrogen-bond acceptors (Lipinski definition) is 6. The van der Waals surface area contributed by atoms with Gasteiger partial charge in [-0.05, 0) is 24.7 Å². The van der Waals surface area contributed by atoms with Gasteiger partial charge in [0.25, 0.3) is 10.1 Å². The number of esters is 2. The van der Waals surface area contributed by atoms with E-state index in [1.807, 2.05) is 13.8 Å². The Balaban J connectivity index is 4.65. The van der Waals surface area contributed by atoms with Gasteiger partial charge in [0.2, 0.25) is 0 Å². The first-order valence-electron chi connectivity index (χ1n) is 9.94. The third-order valence-electron chi connectivity index (χ3n) is 4.56. The molecule has 8 heteroatoms. The predicted octanol–water partition coefficient (Wildman–Crippen LogP) is 3.76. The van der Waals surface area contributed by atoms with Gasteiger partial charge in [-0.1, -0.05) is 59.8 Å². The van der Waals surface area contributed by atoms with Crippen molar-refractivity contribution in [2.75, 3.05) is 13.2 Å². The number of hydrogen-bond donors (Lipinski definition) is 1. The third-order valence-corrected chi connectivity index (χ3v) is 5.64. The van der Waals surface area contributed by atoms with E-state index in [1.54, 1.807) is 0 Å². The van der Waals surface area contributed by atoms with E-state index < -0.39 is 33.7 Å². The Hall–Kier alpha value is -1.15. The van der Waals surface area contributed by atoms with Crippen molar-refractivity contribution in [2.45, 2.75) is 84.3 Å². The minimum absolute atomic E-state index is 0.0739. The number of rotatable bonds is 15. The first-order valence-corrected chi connectivity index (χ1v) is 11.4. The summed E-state index contributed by atoms with van der Waals surface area (Å²) in [7, 11) is -4.76. The number of carbonyl (C=O) groups is 2. The maximum Gasteiger partial charge on any atom is 0.327 e. The second-order valence-electron chi connectivity index (χ2n) is 7.18. The van der Waals surface area contributed by atoms with Crippen molar-refractivity contribution in [3.63, 3.8) is 0 Å². The van der Waals surface area contributed by atoms with Crippen LogP contribution >= 0.6 is 0 Å². The summed E-state index contributed by atoms with van der Waals surface area (Å²) >= 11 is 0. The molecule has 0 saturated carbocycles.